The van der Waals surface area contributed by atoms with E-state index in [0.717, 1.165) is 21.4 Å². The van der Waals surface area contributed by atoms with Crippen LogP contribution >= 0.6 is 15.6 Å². The van der Waals surface area contributed by atoms with Gasteiger partial charge < -0.3 is 29.6 Å². The highest BCUT2D eigenvalue weighted by Crippen LogP contribution is 2.57. The molecule has 210 valence electrons. The fraction of sp³-hybridized carbons (Fsp3) is 0.286. The van der Waals surface area contributed by atoms with Crippen LogP contribution < -0.4 is 11.2 Å². The van der Waals surface area contributed by atoms with Gasteiger partial charge in [0.1, 0.15) is 24.1 Å². The summed E-state index contributed by atoms with van der Waals surface area (Å²) in [5.41, 5.74) is -0.0485. The number of aliphatic hydroxyl groups excluding tert-OH is 2. The second-order valence-electron chi connectivity index (χ2n) is 8.36. The summed E-state index contributed by atoms with van der Waals surface area (Å²) < 4.78 is 50.8. The largest absolute Gasteiger partial charge is 0.481 e. The average Bonchev–Trinajstić information content (AvgIpc) is 3.13. The number of aliphatic hydroxyl groups is 2. The fourth-order valence-electron chi connectivity index (χ4n) is 3.84. The van der Waals surface area contributed by atoms with Crippen LogP contribution in [-0.4, -0.2) is 63.9 Å². The number of hydrogen-bond acceptors (Lipinski definition) is 10. The number of hydrogen-bond donors (Lipinski definition) is 5. The average molecular weight is 589 g/mol. The van der Waals surface area contributed by atoms with Crippen LogP contribution in [-0.2, 0) is 29.2 Å². The van der Waals surface area contributed by atoms with Crippen molar-refractivity contribution in [2.45, 2.75) is 31.1 Å². The third kappa shape index (κ3) is 7.01. The van der Waals surface area contributed by atoms with E-state index < -0.39 is 63.9 Å². The molecule has 0 amide bonds. The predicted octanol–water partition coefficient (Wildman–Crippen LogP) is 0.105. The molecule has 1 aliphatic heterocycles. The zero-order valence-corrected chi connectivity index (χ0v) is 21.4. The van der Waals surface area contributed by atoms with E-state index in [4.69, 9.17) is 14.5 Å². The van der Waals surface area contributed by atoms with Crippen LogP contribution in [0.25, 0.3) is 11.1 Å². The molecule has 1 fully saturated rings. The van der Waals surface area contributed by atoms with Crippen LogP contribution in [0.15, 0.2) is 64.4 Å². The molecule has 39 heavy (non-hydrogen) atoms. The first-order chi connectivity index (χ1) is 18.2. The number of benzene rings is 1. The van der Waals surface area contributed by atoms with Gasteiger partial charge in [-0.15, -0.1) is 0 Å². The van der Waals surface area contributed by atoms with Crippen LogP contribution in [0.1, 0.15) is 11.9 Å². The molecule has 18 heteroatoms. The Morgan fingerprint density at radius 2 is 1.69 bits per heavy atom. The molecule has 0 aliphatic carbocycles. The van der Waals surface area contributed by atoms with E-state index in [9.17, 15) is 38.2 Å². The van der Waals surface area contributed by atoms with Gasteiger partial charge in [-0.3, -0.25) is 23.4 Å². The van der Waals surface area contributed by atoms with Crippen LogP contribution in [0.3, 0.4) is 0 Å². The number of nitrogens with zero attached hydrogens (tertiary/aromatic N) is 3. The van der Waals surface area contributed by atoms with Crippen molar-refractivity contribution in [3.63, 3.8) is 0 Å². The van der Waals surface area contributed by atoms with Crippen molar-refractivity contribution < 1.29 is 52.0 Å². The second kappa shape index (κ2) is 11.3. The first-order valence-electron chi connectivity index (χ1n) is 11.0. The Morgan fingerprint density at radius 1 is 1.00 bits per heavy atom. The molecule has 2 aromatic heterocycles. The van der Waals surface area contributed by atoms with Gasteiger partial charge in [-0.1, -0.05) is 12.1 Å². The van der Waals surface area contributed by atoms with E-state index >= 15 is 0 Å². The summed E-state index contributed by atoms with van der Waals surface area (Å²) in [6, 6.07) is 9.92. The molecule has 1 aliphatic rings. The van der Waals surface area contributed by atoms with Gasteiger partial charge in [0.2, 0.25) is 0 Å². The van der Waals surface area contributed by atoms with E-state index in [1.165, 1.54) is 18.3 Å². The predicted molar refractivity (Wildman–Crippen MR) is 129 cm³/mol. The van der Waals surface area contributed by atoms with Crippen LogP contribution in [0.2, 0.25) is 0 Å². The first-order valence-corrected chi connectivity index (χ1v) is 14.1. The van der Waals surface area contributed by atoms with E-state index in [2.05, 4.69) is 13.8 Å². The quantitative estimate of drug-likeness (QED) is 0.209. The molecule has 0 bridgehead atoms. The van der Waals surface area contributed by atoms with Gasteiger partial charge in [-0.2, -0.15) is 4.31 Å². The van der Waals surface area contributed by atoms with Gasteiger partial charge in [0, 0.05) is 18.5 Å². The molecule has 15 nitrogen and oxygen atoms in total. The number of aromatic nitrogens is 3. The Kier molecular flexibility index (Phi) is 8.44. The lowest BCUT2D eigenvalue weighted by Gasteiger charge is -2.19. The molecule has 4 rings (SSSR count). The Bertz CT molecular complexity index is 1560. The van der Waals surface area contributed by atoms with Crippen molar-refractivity contribution in [3.05, 3.63) is 87.2 Å². The minimum Gasteiger partial charge on any atom is -0.387 e. The molecule has 2 unspecified atom stereocenters. The summed E-state index contributed by atoms with van der Waals surface area (Å²) >= 11 is 0. The maximum absolute atomic E-state index is 13.3. The molecule has 1 saturated heterocycles. The fourth-order valence-corrected chi connectivity index (χ4v) is 5.44. The number of rotatable bonds is 9. The summed E-state index contributed by atoms with van der Waals surface area (Å²) in [6.45, 7) is -1.25. The van der Waals surface area contributed by atoms with Gasteiger partial charge in [-0.05, 0) is 35.4 Å². The normalized spacial score (nSPS) is 23.0. The minimum absolute atomic E-state index is 0.293. The minimum atomic E-state index is -5.39. The van der Waals surface area contributed by atoms with E-state index in [1.54, 1.807) is 24.3 Å². The third-order valence-corrected chi connectivity index (χ3v) is 7.78. The molecule has 1 aromatic carbocycles. The lowest BCUT2D eigenvalue weighted by Crippen LogP contribution is -2.43. The standard InChI is InChI=1S/C21H22FN3O12P2/c22-14-3-1-12(2-4-14)13-5-7-23-15(9-13)10-25-17(26)6-8-24(21(25)29)20-19(28)18(27)16(36-20)11-35-39(33,34)37-38(30,31)32/h1-9,16,18-20,27-28H,10-11H2,(H,33,34)(H2,30,31,32)/t16-,18+,19?,20-/m1/s1. The Morgan fingerprint density at radius 3 is 2.36 bits per heavy atom. The molecular weight excluding hydrogens is 567 g/mol. The maximum atomic E-state index is 13.3. The Balaban J connectivity index is 1.55. The smallest absolute Gasteiger partial charge is 0.387 e. The molecule has 5 atom stereocenters. The molecule has 5 N–H and O–H groups in total. The number of ether oxygens (including phenoxy) is 1. The van der Waals surface area contributed by atoms with Crippen LogP contribution in [0.4, 0.5) is 4.39 Å². The van der Waals surface area contributed by atoms with Crippen molar-refractivity contribution in [3.8, 4) is 11.1 Å². The highest BCUT2D eigenvalue weighted by atomic mass is 31.3. The van der Waals surface area contributed by atoms with E-state index in [0.29, 0.717) is 16.8 Å². The third-order valence-electron chi connectivity index (χ3n) is 5.63. The van der Waals surface area contributed by atoms with Crippen LogP contribution in [0.5, 0.6) is 0 Å². The summed E-state index contributed by atoms with van der Waals surface area (Å²) in [6.07, 6.45) is -4.20. The van der Waals surface area contributed by atoms with Crippen molar-refractivity contribution in [1.82, 2.24) is 14.1 Å². The zero-order valence-electron chi connectivity index (χ0n) is 19.6. The van der Waals surface area contributed by atoms with Gasteiger partial charge in [0.15, 0.2) is 6.23 Å². The van der Waals surface area contributed by atoms with Gasteiger partial charge in [-0.25, -0.2) is 18.3 Å². The highest BCUT2D eigenvalue weighted by Gasteiger charge is 2.46. The molecule has 0 spiro atoms. The van der Waals surface area contributed by atoms with Gasteiger partial charge in [0.25, 0.3) is 5.56 Å². The second-order valence-corrected chi connectivity index (χ2v) is 11.2. The molecule has 3 aromatic rings. The molecule has 0 radical (unpaired) electrons. The summed E-state index contributed by atoms with van der Waals surface area (Å²) in [5.74, 6) is -0.417. The summed E-state index contributed by atoms with van der Waals surface area (Å²) in [4.78, 5) is 56.6. The zero-order chi connectivity index (χ0) is 28.5. The Labute approximate surface area is 218 Å². The lowest BCUT2D eigenvalue weighted by atomic mass is 10.1. The van der Waals surface area contributed by atoms with Gasteiger partial charge >= 0.3 is 21.3 Å². The Hall–Kier alpha value is -2.88. The van der Waals surface area contributed by atoms with Crippen LogP contribution in [0, 0.1) is 5.82 Å². The van der Waals surface area contributed by atoms with Crippen molar-refractivity contribution in [1.29, 1.82) is 0 Å². The summed E-state index contributed by atoms with van der Waals surface area (Å²) in [7, 11) is -10.7. The van der Waals surface area contributed by atoms with E-state index in [-0.39, 0.29) is 6.54 Å². The number of phosphoric acid groups is 2. The monoisotopic (exact) mass is 589 g/mol. The SMILES string of the molecule is O=c1ccn([C@@H]2O[C@H](COP(=O)(O)OP(=O)(O)O)[C@H](O)C2O)c(=O)n1Cc1cc(-c2ccc(F)cc2)ccn1. The lowest BCUT2D eigenvalue weighted by molar-refractivity contribution is -0.0547. The highest BCUT2D eigenvalue weighted by molar-refractivity contribution is 7.60. The maximum Gasteiger partial charge on any atom is 0.481 e. The number of pyridine rings is 1. The molecule has 3 heterocycles. The number of phosphoric ester groups is 1. The summed E-state index contributed by atoms with van der Waals surface area (Å²) in [5, 5.41) is 20.7. The number of halogens is 1. The first kappa shape index (κ1) is 29.1. The van der Waals surface area contributed by atoms with E-state index in [1.807, 2.05) is 0 Å². The topological polar surface area (TPSA) is 220 Å². The van der Waals surface area contributed by atoms with Crippen molar-refractivity contribution in [2.24, 2.45) is 0 Å². The van der Waals surface area contributed by atoms with Crippen molar-refractivity contribution in [2.75, 3.05) is 6.61 Å². The molecule has 0 saturated carbocycles. The van der Waals surface area contributed by atoms with Gasteiger partial charge in [0.05, 0.1) is 18.8 Å². The van der Waals surface area contributed by atoms with Crippen molar-refractivity contribution >= 4 is 15.6 Å². The molecular formula is C21H22FN3O12P2.